The average Bonchev–Trinajstić information content (AvgIpc) is 3.43. The monoisotopic (exact) mass is 606 g/mol. The lowest BCUT2D eigenvalue weighted by Crippen LogP contribution is -2.34. The van der Waals surface area contributed by atoms with E-state index < -0.39 is 0 Å². The number of likely N-dealkylation sites (N-methyl/N-ethyl adjacent to an activating group) is 1. The molecule has 0 aliphatic carbocycles. The molecule has 0 bridgehead atoms. The van der Waals surface area contributed by atoms with E-state index in [1.807, 2.05) is 49.5 Å². The summed E-state index contributed by atoms with van der Waals surface area (Å²) in [5.41, 5.74) is 8.02. The van der Waals surface area contributed by atoms with Crippen molar-refractivity contribution in [2.24, 2.45) is 4.99 Å². The second-order valence-corrected chi connectivity index (χ2v) is 12.8. The van der Waals surface area contributed by atoms with E-state index in [-0.39, 0.29) is 11.8 Å². The number of anilines is 2. The van der Waals surface area contributed by atoms with Gasteiger partial charge in [0, 0.05) is 44.4 Å². The number of pyridine rings is 1. The molecule has 2 aromatic carbocycles. The van der Waals surface area contributed by atoms with E-state index in [1.165, 1.54) is 16.9 Å². The van der Waals surface area contributed by atoms with Crippen molar-refractivity contribution in [3.05, 3.63) is 101 Å². The first-order chi connectivity index (χ1) is 21.1. The number of hydrogen-bond donors (Lipinski definition) is 1. The van der Waals surface area contributed by atoms with Crippen LogP contribution in [0.15, 0.2) is 77.8 Å². The van der Waals surface area contributed by atoms with Crippen LogP contribution in [0.4, 0.5) is 10.9 Å². The van der Waals surface area contributed by atoms with Gasteiger partial charge in [0.15, 0.2) is 5.13 Å². The molecule has 1 aliphatic rings. The van der Waals surface area contributed by atoms with Crippen molar-refractivity contribution < 1.29 is 4.79 Å². The highest BCUT2D eigenvalue weighted by atomic mass is 32.1. The van der Waals surface area contributed by atoms with Crippen LogP contribution in [-0.2, 0) is 13.0 Å². The first kappa shape index (κ1) is 31.1. The third-order valence-electron chi connectivity index (χ3n) is 8.37. The number of amidine groups is 1. The van der Waals surface area contributed by atoms with Gasteiger partial charge in [0.05, 0.1) is 15.9 Å². The normalized spacial score (nSPS) is 14.1. The molecule has 4 aromatic rings. The molecular formula is C36H42N6OS. The number of thiazole rings is 1. The Labute approximate surface area is 265 Å². The Hall–Kier alpha value is -4.30. The van der Waals surface area contributed by atoms with Crippen LogP contribution in [0.1, 0.15) is 73.3 Å². The number of allylic oxidation sites excluding steroid dienone is 2. The fourth-order valence-corrected chi connectivity index (χ4v) is 6.67. The summed E-state index contributed by atoms with van der Waals surface area (Å²) in [5.74, 6) is 1.92. The van der Waals surface area contributed by atoms with Gasteiger partial charge < -0.3 is 9.80 Å². The number of aliphatic imine (C=N–C) groups is 1. The molecule has 2 aromatic heterocycles. The number of nitrogens with zero attached hydrogens (tertiary/aromatic N) is 5. The number of amides is 1. The molecule has 0 fully saturated rings. The van der Waals surface area contributed by atoms with Crippen LogP contribution < -0.4 is 10.2 Å². The quantitative estimate of drug-likeness (QED) is 0.125. The predicted octanol–water partition coefficient (Wildman–Crippen LogP) is 7.96. The van der Waals surface area contributed by atoms with Gasteiger partial charge in [0.2, 0.25) is 0 Å². The minimum atomic E-state index is -0.134. The second kappa shape index (κ2) is 13.1. The van der Waals surface area contributed by atoms with Crippen molar-refractivity contribution in [3.63, 3.8) is 0 Å². The van der Waals surface area contributed by atoms with Crippen LogP contribution >= 0.6 is 11.3 Å². The lowest BCUT2D eigenvalue weighted by atomic mass is 9.92. The predicted molar refractivity (Wildman–Crippen MR) is 186 cm³/mol. The maximum Gasteiger partial charge on any atom is 0.257 e. The Bertz CT molecular complexity index is 1730. The third kappa shape index (κ3) is 6.17. The van der Waals surface area contributed by atoms with E-state index in [9.17, 15) is 4.79 Å². The summed E-state index contributed by atoms with van der Waals surface area (Å²) < 4.78 is 1.05. The van der Waals surface area contributed by atoms with E-state index >= 15 is 0 Å². The van der Waals surface area contributed by atoms with Gasteiger partial charge in [-0.25, -0.2) is 9.97 Å². The molecule has 1 aliphatic heterocycles. The SMILES string of the molecule is C=C/C(=C(/C)C(=NC)N(C)C(C)C)c1ccc(N2CCc3cccc(C(=O)Nc4nc5ccccc5s4)c3C2)nc1C(C)C. The van der Waals surface area contributed by atoms with Crippen molar-refractivity contribution in [3.8, 4) is 0 Å². The van der Waals surface area contributed by atoms with E-state index in [1.54, 1.807) is 0 Å². The number of fused-ring (bicyclic) bond motifs is 2. The molecule has 0 saturated carbocycles. The van der Waals surface area contributed by atoms with Crippen molar-refractivity contribution in [1.82, 2.24) is 14.9 Å². The van der Waals surface area contributed by atoms with Crippen LogP contribution in [0, 0.1) is 0 Å². The van der Waals surface area contributed by atoms with Crippen LogP contribution in [0.25, 0.3) is 15.8 Å². The molecule has 0 atom stereocenters. The fourth-order valence-electron chi connectivity index (χ4n) is 5.81. The maximum absolute atomic E-state index is 13.5. The van der Waals surface area contributed by atoms with Gasteiger partial charge in [0.25, 0.3) is 5.91 Å². The second-order valence-electron chi connectivity index (χ2n) is 11.8. The van der Waals surface area contributed by atoms with Gasteiger partial charge in [-0.15, -0.1) is 0 Å². The summed E-state index contributed by atoms with van der Waals surface area (Å²) in [7, 11) is 3.91. The molecule has 5 rings (SSSR count). The molecule has 1 amide bonds. The number of rotatable bonds is 8. The van der Waals surface area contributed by atoms with Crippen molar-refractivity contribution in [2.45, 2.75) is 59.5 Å². The zero-order valence-electron chi connectivity index (χ0n) is 26.8. The maximum atomic E-state index is 13.5. The van der Waals surface area contributed by atoms with Gasteiger partial charge in [-0.05, 0) is 85.7 Å². The van der Waals surface area contributed by atoms with Crippen molar-refractivity contribution in [1.29, 1.82) is 0 Å². The molecule has 0 spiro atoms. The van der Waals surface area contributed by atoms with Crippen LogP contribution in [0.2, 0.25) is 0 Å². The van der Waals surface area contributed by atoms with Gasteiger partial charge in [-0.1, -0.05) is 62.1 Å². The number of hydrogen-bond acceptors (Lipinski definition) is 6. The molecular weight excluding hydrogens is 565 g/mol. The van der Waals surface area contributed by atoms with E-state index in [0.717, 1.165) is 62.8 Å². The standard InChI is InChI=1S/C36H42N6OS/c1-9-26(24(6)34(37-7)41(8)23(4)5)27-17-18-32(39-33(27)22(2)3)42-20-19-25-13-12-14-28(29(25)21-42)35(43)40-36-38-30-15-10-11-16-31(30)44-36/h9-18,22-23H,1,19-21H2,2-8H3,(H,38,40,43)/b26-24+,37-34?. The Morgan fingerprint density at radius 1 is 1.07 bits per heavy atom. The smallest absolute Gasteiger partial charge is 0.257 e. The number of carbonyl (C=O) groups is 1. The summed E-state index contributed by atoms with van der Waals surface area (Å²) in [5, 5.41) is 3.66. The topological polar surface area (TPSA) is 73.7 Å². The van der Waals surface area contributed by atoms with Gasteiger partial charge >= 0.3 is 0 Å². The Kier molecular flexibility index (Phi) is 9.30. The molecule has 3 heterocycles. The minimum absolute atomic E-state index is 0.134. The molecule has 0 unspecified atom stereocenters. The summed E-state index contributed by atoms with van der Waals surface area (Å²) in [6, 6.07) is 18.5. The number of para-hydroxylation sites is 1. The first-order valence-corrected chi connectivity index (χ1v) is 16.0. The van der Waals surface area contributed by atoms with Crippen molar-refractivity contribution >= 4 is 49.8 Å². The number of aromatic nitrogens is 2. The summed E-state index contributed by atoms with van der Waals surface area (Å²) >= 11 is 1.49. The van der Waals surface area contributed by atoms with Gasteiger partial charge in [-0.2, -0.15) is 0 Å². The van der Waals surface area contributed by atoms with Crippen LogP contribution in [0.5, 0.6) is 0 Å². The van der Waals surface area contributed by atoms with E-state index in [0.29, 0.717) is 23.3 Å². The van der Waals surface area contributed by atoms with Crippen molar-refractivity contribution in [2.75, 3.05) is 30.9 Å². The molecule has 1 N–H and O–H groups in total. The number of benzene rings is 2. The third-order valence-corrected chi connectivity index (χ3v) is 9.32. The highest BCUT2D eigenvalue weighted by Crippen LogP contribution is 2.33. The lowest BCUT2D eigenvalue weighted by molar-refractivity contribution is 0.102. The number of carbonyl (C=O) groups excluding carboxylic acids is 1. The Morgan fingerprint density at radius 3 is 2.52 bits per heavy atom. The summed E-state index contributed by atoms with van der Waals surface area (Å²) in [6.45, 7) is 16.4. The zero-order chi connectivity index (χ0) is 31.5. The first-order valence-electron chi connectivity index (χ1n) is 15.2. The van der Waals surface area contributed by atoms with Gasteiger partial charge in [0.1, 0.15) is 11.7 Å². The Morgan fingerprint density at radius 2 is 1.84 bits per heavy atom. The number of nitrogens with one attached hydrogen (secondary N) is 1. The molecule has 0 radical (unpaired) electrons. The largest absolute Gasteiger partial charge is 0.357 e. The average molecular weight is 607 g/mol. The fraction of sp³-hybridized carbons (Fsp3) is 0.333. The van der Waals surface area contributed by atoms with E-state index in [2.05, 4.69) is 91.5 Å². The van der Waals surface area contributed by atoms with Crippen LogP contribution in [-0.4, -0.2) is 53.3 Å². The minimum Gasteiger partial charge on any atom is -0.357 e. The van der Waals surface area contributed by atoms with Crippen LogP contribution in [0.3, 0.4) is 0 Å². The van der Waals surface area contributed by atoms with Gasteiger partial charge in [-0.3, -0.25) is 15.1 Å². The molecule has 7 nitrogen and oxygen atoms in total. The molecule has 44 heavy (non-hydrogen) atoms. The zero-order valence-corrected chi connectivity index (χ0v) is 27.6. The lowest BCUT2D eigenvalue weighted by Gasteiger charge is -2.32. The van der Waals surface area contributed by atoms with E-state index in [4.69, 9.17) is 4.98 Å². The molecule has 0 saturated heterocycles. The summed E-state index contributed by atoms with van der Waals surface area (Å²) in [6.07, 6.45) is 2.76. The highest BCUT2D eigenvalue weighted by molar-refractivity contribution is 7.22. The Balaban J connectivity index is 1.45. The highest BCUT2D eigenvalue weighted by Gasteiger charge is 2.25. The summed E-state index contributed by atoms with van der Waals surface area (Å²) in [4.78, 5) is 32.5. The molecule has 8 heteroatoms. The molecule has 228 valence electrons.